The molecule has 0 heterocycles. The molecule has 0 radical (unpaired) electrons. The van der Waals surface area contributed by atoms with Crippen molar-refractivity contribution in [3.05, 3.63) is 49.1 Å². The fourth-order valence-electron chi connectivity index (χ4n) is 0.118. The van der Waals surface area contributed by atoms with Crippen molar-refractivity contribution in [2.24, 2.45) is 0 Å². The van der Waals surface area contributed by atoms with Gasteiger partial charge in [0.25, 0.3) is 0 Å². The Morgan fingerprint density at radius 2 is 0.895 bits per heavy atom. The van der Waals surface area contributed by atoms with Crippen LogP contribution in [0.5, 0.6) is 0 Å². The average molecular weight is 271 g/mol. The van der Waals surface area contributed by atoms with Crippen LogP contribution in [-0.2, 0) is 0 Å². The number of hydrogen-bond donors (Lipinski definition) is 0. The van der Waals surface area contributed by atoms with Crippen LogP contribution in [0, 0.1) is 0 Å². The van der Waals surface area contributed by atoms with Crippen LogP contribution >= 0.6 is 0 Å². The molecule has 0 nitrogen and oxygen atoms in total. The van der Waals surface area contributed by atoms with E-state index >= 15 is 0 Å². The van der Waals surface area contributed by atoms with Gasteiger partial charge in [0.2, 0.25) is 0 Å². The summed E-state index contributed by atoms with van der Waals surface area (Å²) in [6.07, 6.45) is 9.60. The molecule has 0 fully saturated rings. The normalized spacial score (nSPS) is 7.21. The molecule has 0 atom stereocenters. The standard InChI is InChI=1S/C6H10.C4H8.C3H6.3C2H6/c1-4-6(3)5-2;1-3-4-2;1-3-2;3*1-2/h4-5H,1H2,2-3H3;3-4H,1-2H3;3H,1H2,2H3;3*1-2H3/b6-5-;4-3-;;;;. The van der Waals surface area contributed by atoms with E-state index in [0.717, 1.165) is 0 Å². The van der Waals surface area contributed by atoms with Crippen LogP contribution in [0.1, 0.15) is 76.2 Å². The third kappa shape index (κ3) is 242. The van der Waals surface area contributed by atoms with Gasteiger partial charge in [-0.25, -0.2) is 0 Å². The van der Waals surface area contributed by atoms with Crippen molar-refractivity contribution in [2.45, 2.75) is 76.2 Å². The quantitative estimate of drug-likeness (QED) is 0.334. The van der Waals surface area contributed by atoms with E-state index < -0.39 is 0 Å². The van der Waals surface area contributed by atoms with Crippen molar-refractivity contribution in [1.29, 1.82) is 0 Å². The Hall–Kier alpha value is -1.04. The fourth-order valence-corrected chi connectivity index (χ4v) is 0.118. The Bertz CT molecular complexity index is 143. The van der Waals surface area contributed by atoms with Crippen molar-refractivity contribution in [3.63, 3.8) is 0 Å². The summed E-state index contributed by atoms with van der Waals surface area (Å²) in [4.78, 5) is 0. The van der Waals surface area contributed by atoms with Crippen LogP contribution in [0.4, 0.5) is 0 Å². The summed E-state index contributed by atoms with van der Waals surface area (Å²) in [5.74, 6) is 0. The van der Waals surface area contributed by atoms with Crippen molar-refractivity contribution in [2.75, 3.05) is 0 Å². The molecular weight excluding hydrogens is 228 g/mol. The molecule has 0 unspecified atom stereocenters. The highest BCUT2D eigenvalue weighted by atomic mass is 13.7. The minimum Gasteiger partial charge on any atom is -0.103 e. The van der Waals surface area contributed by atoms with Gasteiger partial charge in [-0.1, -0.05) is 84.1 Å². The van der Waals surface area contributed by atoms with E-state index in [0.29, 0.717) is 0 Å². The SMILES string of the molecule is C/C=C\C.C=C/C(C)=C\C.C=CC.CC.CC.CC. The molecule has 0 aliphatic carbocycles. The molecule has 0 bridgehead atoms. The summed E-state index contributed by atoms with van der Waals surface area (Å²) in [5, 5.41) is 0. The monoisotopic (exact) mass is 270 g/mol. The summed E-state index contributed by atoms with van der Waals surface area (Å²) >= 11 is 0. The predicted molar refractivity (Wildman–Crippen MR) is 100 cm³/mol. The summed E-state index contributed by atoms with van der Waals surface area (Å²) in [7, 11) is 0. The molecule has 0 saturated carbocycles. The van der Waals surface area contributed by atoms with Crippen LogP contribution in [0.25, 0.3) is 0 Å². The first kappa shape index (κ1) is 36.1. The maximum Gasteiger partial charge on any atom is -0.0401 e. The first-order valence-electron chi connectivity index (χ1n) is 7.54. The Labute approximate surface area is 126 Å². The lowest BCUT2D eigenvalue weighted by Gasteiger charge is -1.78. The van der Waals surface area contributed by atoms with E-state index in [-0.39, 0.29) is 0 Å². The summed E-state index contributed by atoms with van der Waals surface area (Å²) < 4.78 is 0. The lowest BCUT2D eigenvalue weighted by atomic mass is 10.3. The second kappa shape index (κ2) is 89.2. The second-order valence-electron chi connectivity index (χ2n) is 2.31. The Balaban J connectivity index is -0.0000000288. The summed E-state index contributed by atoms with van der Waals surface area (Å²) in [6.45, 7) is 28.8. The van der Waals surface area contributed by atoms with Crippen LogP contribution in [0.2, 0.25) is 0 Å². The van der Waals surface area contributed by atoms with Gasteiger partial charge < -0.3 is 0 Å². The van der Waals surface area contributed by atoms with Crippen molar-refractivity contribution < 1.29 is 0 Å². The third-order valence-electron chi connectivity index (χ3n) is 1.11. The second-order valence-corrected chi connectivity index (χ2v) is 2.31. The Morgan fingerprint density at radius 3 is 0.895 bits per heavy atom. The van der Waals surface area contributed by atoms with Gasteiger partial charge in [-0.3, -0.25) is 0 Å². The first-order chi connectivity index (χ1) is 9.14. The highest BCUT2D eigenvalue weighted by molar-refractivity contribution is 5.10. The van der Waals surface area contributed by atoms with E-state index in [1.54, 1.807) is 6.08 Å². The maximum absolute atomic E-state index is 3.56. The molecule has 0 amide bonds. The van der Waals surface area contributed by atoms with E-state index in [1.165, 1.54) is 5.57 Å². The van der Waals surface area contributed by atoms with Gasteiger partial charge in [0.1, 0.15) is 0 Å². The van der Waals surface area contributed by atoms with Crippen LogP contribution in [-0.4, -0.2) is 0 Å². The van der Waals surface area contributed by atoms with E-state index in [2.05, 4.69) is 13.2 Å². The Kier molecular flexibility index (Phi) is 170. The van der Waals surface area contributed by atoms with Crippen molar-refractivity contribution in [1.82, 2.24) is 0 Å². The summed E-state index contributed by atoms with van der Waals surface area (Å²) in [6, 6.07) is 0. The molecule has 118 valence electrons. The lowest BCUT2D eigenvalue weighted by molar-refractivity contribution is 1.49. The molecule has 0 aromatic heterocycles. The van der Waals surface area contributed by atoms with Gasteiger partial charge in [-0.05, 0) is 34.6 Å². The molecule has 0 spiro atoms. The number of rotatable bonds is 1. The molecule has 0 N–H and O–H groups in total. The van der Waals surface area contributed by atoms with Crippen LogP contribution < -0.4 is 0 Å². The highest BCUT2D eigenvalue weighted by Gasteiger charge is 1.66. The zero-order valence-electron chi connectivity index (χ0n) is 15.8. The molecule has 0 aliphatic rings. The first-order valence-corrected chi connectivity index (χ1v) is 7.54. The van der Waals surface area contributed by atoms with E-state index in [9.17, 15) is 0 Å². The minimum absolute atomic E-state index is 1.23. The van der Waals surface area contributed by atoms with Crippen molar-refractivity contribution >= 4 is 0 Å². The van der Waals surface area contributed by atoms with Gasteiger partial charge in [0, 0.05) is 0 Å². The molecular formula is C19H42. The third-order valence-corrected chi connectivity index (χ3v) is 1.11. The zero-order chi connectivity index (χ0) is 17.1. The molecule has 0 rings (SSSR count). The molecule has 0 aromatic carbocycles. The zero-order valence-corrected chi connectivity index (χ0v) is 15.8. The van der Waals surface area contributed by atoms with Gasteiger partial charge in [-0.2, -0.15) is 0 Å². The molecule has 0 heteroatoms. The Morgan fingerprint density at radius 1 is 0.684 bits per heavy atom. The van der Waals surface area contributed by atoms with Crippen LogP contribution in [0.15, 0.2) is 49.1 Å². The average Bonchev–Trinajstić information content (AvgIpc) is 2.53. The number of hydrogen-bond acceptors (Lipinski definition) is 0. The fraction of sp³-hybridized carbons (Fsp3) is 0.579. The van der Waals surface area contributed by atoms with E-state index in [1.807, 2.05) is 100 Å². The van der Waals surface area contributed by atoms with E-state index in [4.69, 9.17) is 0 Å². The lowest BCUT2D eigenvalue weighted by Crippen LogP contribution is -1.57. The molecule has 19 heavy (non-hydrogen) atoms. The van der Waals surface area contributed by atoms with Gasteiger partial charge in [-0.15, -0.1) is 6.58 Å². The van der Waals surface area contributed by atoms with Gasteiger partial charge in [0.05, 0.1) is 0 Å². The van der Waals surface area contributed by atoms with Crippen LogP contribution in [0.3, 0.4) is 0 Å². The molecule has 0 saturated heterocycles. The topological polar surface area (TPSA) is 0 Å². The van der Waals surface area contributed by atoms with Crippen molar-refractivity contribution in [3.8, 4) is 0 Å². The highest BCUT2D eigenvalue weighted by Crippen LogP contribution is 1.88. The largest absolute Gasteiger partial charge is 0.103 e. The van der Waals surface area contributed by atoms with Gasteiger partial charge >= 0.3 is 0 Å². The van der Waals surface area contributed by atoms with Gasteiger partial charge in [0.15, 0.2) is 0 Å². The minimum atomic E-state index is 1.23. The summed E-state index contributed by atoms with van der Waals surface area (Å²) in [5.41, 5.74) is 1.23. The number of allylic oxidation sites excluding steroid dienone is 6. The predicted octanol–water partition coefficient (Wildman–Crippen LogP) is 7.99. The smallest absolute Gasteiger partial charge is 0.0401 e. The molecule has 0 aromatic rings. The molecule has 0 aliphatic heterocycles. The maximum atomic E-state index is 3.56.